The Labute approximate surface area is 225 Å². The Balaban J connectivity index is 2.46. The second kappa shape index (κ2) is 12.9. The molecule has 214 valence electrons. The topological polar surface area (TPSA) is 86.6 Å². The van der Waals surface area contributed by atoms with Gasteiger partial charge in [0, 0.05) is 7.11 Å². The maximum absolute atomic E-state index is 11.8. The van der Waals surface area contributed by atoms with Crippen LogP contribution < -0.4 is 4.74 Å². The number of rotatable bonds is 14. The van der Waals surface area contributed by atoms with Gasteiger partial charge in [-0.3, -0.25) is 0 Å². The summed E-state index contributed by atoms with van der Waals surface area (Å²) >= 11 is 0. The van der Waals surface area contributed by atoms with E-state index in [1.165, 1.54) is 0 Å². The number of hydrogen-bond acceptors (Lipinski definition) is 7. The van der Waals surface area contributed by atoms with Gasteiger partial charge in [-0.2, -0.15) is 0 Å². The number of methoxy groups -OCH3 is 2. The molecule has 0 aromatic heterocycles. The lowest BCUT2D eigenvalue weighted by atomic mass is 9.66. The fraction of sp³-hybridized carbons (Fsp3) is 0.793. The van der Waals surface area contributed by atoms with E-state index < -0.39 is 43.9 Å². The smallest absolute Gasteiger partial charge is 0.200 e. The molecule has 0 radical (unpaired) electrons. The minimum Gasteiger partial charge on any atom is -0.497 e. The second-order valence-electron chi connectivity index (χ2n) is 11.8. The average Bonchev–Trinajstić information content (AvgIpc) is 3.14. The molecule has 1 aliphatic rings. The van der Waals surface area contributed by atoms with Crippen LogP contribution in [0.15, 0.2) is 24.3 Å². The summed E-state index contributed by atoms with van der Waals surface area (Å²) < 4.78 is 31.0. The van der Waals surface area contributed by atoms with Crippen LogP contribution in [-0.4, -0.2) is 69.6 Å². The number of benzene rings is 1. The van der Waals surface area contributed by atoms with Crippen LogP contribution in [0, 0.1) is 5.41 Å². The summed E-state index contributed by atoms with van der Waals surface area (Å²) in [5.74, 6) is 0.773. The van der Waals surface area contributed by atoms with Crippen LogP contribution in [0.25, 0.3) is 0 Å². The zero-order chi connectivity index (χ0) is 28.2. The maximum atomic E-state index is 11.8. The van der Waals surface area contributed by atoms with E-state index in [9.17, 15) is 10.2 Å². The normalized spacial score (nSPS) is 27.2. The molecule has 0 aliphatic carbocycles. The van der Waals surface area contributed by atoms with Crippen LogP contribution >= 0.6 is 0 Å². The fourth-order valence-electron chi connectivity index (χ4n) is 6.52. The van der Waals surface area contributed by atoms with Crippen molar-refractivity contribution in [3.8, 4) is 5.75 Å². The van der Waals surface area contributed by atoms with E-state index in [0.29, 0.717) is 36.3 Å². The number of aliphatic hydroxyl groups excluding tert-OH is 1. The first-order valence-electron chi connectivity index (χ1n) is 13.7. The van der Waals surface area contributed by atoms with Gasteiger partial charge in [0.2, 0.25) is 0 Å². The number of aliphatic hydroxyl groups is 2. The van der Waals surface area contributed by atoms with Crippen LogP contribution in [-0.2, 0) is 25.2 Å². The Morgan fingerprint density at radius 3 is 2.00 bits per heavy atom. The highest BCUT2D eigenvalue weighted by atomic mass is 28.4. The predicted molar refractivity (Wildman–Crippen MR) is 149 cm³/mol. The van der Waals surface area contributed by atoms with Crippen molar-refractivity contribution in [3.63, 3.8) is 0 Å². The van der Waals surface area contributed by atoms with Crippen LogP contribution in [0.3, 0.4) is 0 Å². The van der Waals surface area contributed by atoms with Gasteiger partial charge in [0.1, 0.15) is 17.5 Å². The minimum absolute atomic E-state index is 0.306. The molecule has 8 heteroatoms. The Morgan fingerprint density at radius 2 is 1.57 bits per heavy atom. The Kier molecular flexibility index (Phi) is 11.2. The minimum atomic E-state index is -2.18. The maximum Gasteiger partial charge on any atom is 0.200 e. The van der Waals surface area contributed by atoms with Crippen molar-refractivity contribution in [2.75, 3.05) is 20.8 Å². The van der Waals surface area contributed by atoms with Crippen molar-refractivity contribution in [2.24, 2.45) is 5.41 Å². The quantitative estimate of drug-likeness (QED) is 0.294. The molecule has 7 nitrogen and oxygen atoms in total. The van der Waals surface area contributed by atoms with Crippen LogP contribution in [0.2, 0.25) is 16.6 Å². The summed E-state index contributed by atoms with van der Waals surface area (Å²) in [6.45, 7) is 19.5. The monoisotopic (exact) mass is 540 g/mol. The van der Waals surface area contributed by atoms with Gasteiger partial charge in [-0.15, -0.1) is 0 Å². The lowest BCUT2D eigenvalue weighted by Crippen LogP contribution is -2.62. The van der Waals surface area contributed by atoms with Crippen molar-refractivity contribution >= 4 is 8.32 Å². The Hall–Kier alpha value is -1.00. The zero-order valence-corrected chi connectivity index (χ0v) is 25.9. The van der Waals surface area contributed by atoms with Crippen molar-refractivity contribution in [1.82, 2.24) is 0 Å². The van der Waals surface area contributed by atoms with Crippen molar-refractivity contribution in [3.05, 3.63) is 29.8 Å². The molecule has 0 amide bonds. The van der Waals surface area contributed by atoms with Gasteiger partial charge in [-0.25, -0.2) is 0 Å². The third-order valence-electron chi connectivity index (χ3n) is 8.85. The Bertz CT molecular complexity index is 804. The summed E-state index contributed by atoms with van der Waals surface area (Å²) in [6, 6.07) is 7.70. The molecule has 0 bridgehead atoms. The molecule has 1 saturated heterocycles. The third-order valence-corrected chi connectivity index (χ3v) is 14.9. The van der Waals surface area contributed by atoms with E-state index in [1.54, 1.807) is 21.1 Å². The highest BCUT2D eigenvalue weighted by molar-refractivity contribution is 6.77. The highest BCUT2D eigenvalue weighted by Crippen LogP contribution is 2.51. The van der Waals surface area contributed by atoms with Crippen LogP contribution in [0.1, 0.15) is 74.3 Å². The molecule has 0 saturated carbocycles. The van der Waals surface area contributed by atoms with Crippen LogP contribution in [0.4, 0.5) is 0 Å². The summed E-state index contributed by atoms with van der Waals surface area (Å²) in [4.78, 5) is 0. The first-order valence-corrected chi connectivity index (χ1v) is 15.8. The van der Waals surface area contributed by atoms with Gasteiger partial charge in [-0.1, -0.05) is 60.6 Å². The molecule has 6 atom stereocenters. The van der Waals surface area contributed by atoms with Crippen molar-refractivity contribution in [2.45, 2.75) is 122 Å². The number of hydrogen-bond donors (Lipinski definition) is 2. The second-order valence-corrected chi connectivity index (χ2v) is 17.3. The van der Waals surface area contributed by atoms with Gasteiger partial charge in [-0.05, 0) is 54.6 Å². The molecule has 2 N–H and O–H groups in total. The van der Waals surface area contributed by atoms with Gasteiger partial charge >= 0.3 is 0 Å². The molecule has 1 aromatic carbocycles. The molecule has 1 fully saturated rings. The first kappa shape index (κ1) is 32.2. The zero-order valence-electron chi connectivity index (χ0n) is 24.9. The first-order chi connectivity index (χ1) is 17.2. The molecular weight excluding hydrogens is 488 g/mol. The van der Waals surface area contributed by atoms with Gasteiger partial charge < -0.3 is 33.6 Å². The molecule has 1 unspecified atom stereocenters. The summed E-state index contributed by atoms with van der Waals surface area (Å²) in [5, 5.41) is 22.6. The van der Waals surface area contributed by atoms with Gasteiger partial charge in [0.05, 0.1) is 37.9 Å². The van der Waals surface area contributed by atoms with E-state index in [1.807, 2.05) is 38.1 Å². The fourth-order valence-corrected chi connectivity index (χ4v) is 12.0. The lowest BCUT2D eigenvalue weighted by molar-refractivity contribution is -0.242. The van der Waals surface area contributed by atoms with Crippen LogP contribution in [0.5, 0.6) is 5.75 Å². The van der Waals surface area contributed by atoms with E-state index in [0.717, 1.165) is 11.3 Å². The largest absolute Gasteiger partial charge is 0.497 e. The van der Waals surface area contributed by atoms with E-state index in [-0.39, 0.29) is 0 Å². The van der Waals surface area contributed by atoms with Gasteiger partial charge in [0.15, 0.2) is 14.6 Å². The average molecular weight is 541 g/mol. The predicted octanol–water partition coefficient (Wildman–Crippen LogP) is 5.67. The molecule has 1 aromatic rings. The summed E-state index contributed by atoms with van der Waals surface area (Å²) in [6.07, 6.45) is -2.46. The van der Waals surface area contributed by atoms with Gasteiger partial charge in [0.25, 0.3) is 0 Å². The standard InChI is InChI=1S/C29H52O7Si/c1-12-25(30)29(9,31)28(8)26(34-17-22-13-15-23(32-10)16-14-22)24(36-27(28)33-11)18-35-37(19(2)3,20(4)5)21(6)7/h13-16,19-21,24-27,30-31H,12,17-18H2,1-11H3/t24-,25-,26+,27?,28+,29+/m1/s1. The Morgan fingerprint density at radius 1 is 1.03 bits per heavy atom. The molecular formula is C29H52O7Si. The molecule has 1 heterocycles. The lowest BCUT2D eigenvalue weighted by Gasteiger charge is -2.48. The van der Waals surface area contributed by atoms with Crippen molar-refractivity contribution < 1.29 is 33.6 Å². The number of ether oxygens (including phenoxy) is 4. The third kappa shape index (κ3) is 6.11. The highest BCUT2D eigenvalue weighted by Gasteiger charge is 2.65. The summed E-state index contributed by atoms with van der Waals surface area (Å²) in [7, 11) is 1.03. The van der Waals surface area contributed by atoms with Crippen molar-refractivity contribution in [1.29, 1.82) is 0 Å². The van der Waals surface area contributed by atoms with E-state index >= 15 is 0 Å². The van der Waals surface area contributed by atoms with E-state index in [2.05, 4.69) is 41.5 Å². The molecule has 0 spiro atoms. The SMILES string of the molecule is CC[C@@H](O)[C@](C)(O)[C@]1(C)C(OC)O[C@H](CO[Si](C(C)C)(C(C)C)C(C)C)[C@@H]1OCc1ccc(OC)cc1. The molecule has 1 aliphatic heterocycles. The molecule has 37 heavy (non-hydrogen) atoms. The molecule has 2 rings (SSSR count). The summed E-state index contributed by atoms with van der Waals surface area (Å²) in [5.41, 5.74) is -0.374. The van der Waals surface area contributed by atoms with E-state index in [4.69, 9.17) is 23.4 Å².